The summed E-state index contributed by atoms with van der Waals surface area (Å²) in [7, 11) is 0. The molecule has 2 aromatic carbocycles. The van der Waals surface area contributed by atoms with Crippen LogP contribution in [0.15, 0.2) is 54.9 Å². The van der Waals surface area contributed by atoms with E-state index in [4.69, 9.17) is 0 Å². The minimum absolute atomic E-state index is 0.170. The molecule has 7 nitrogen and oxygen atoms in total. The smallest absolute Gasteiger partial charge is 0.259 e. The van der Waals surface area contributed by atoms with Crippen molar-refractivity contribution >= 4 is 44.8 Å². The molecule has 156 valence electrons. The van der Waals surface area contributed by atoms with Crippen LogP contribution in [0, 0.1) is 6.92 Å². The van der Waals surface area contributed by atoms with Crippen LogP contribution in [0.1, 0.15) is 16.7 Å². The average Bonchev–Trinajstić information content (AvgIpc) is 3.41. The lowest BCUT2D eigenvalue weighted by atomic mass is 9.95. The van der Waals surface area contributed by atoms with E-state index in [1.165, 1.54) is 0 Å². The third-order valence-electron chi connectivity index (χ3n) is 5.78. The zero-order chi connectivity index (χ0) is 21.7. The van der Waals surface area contributed by atoms with Crippen LogP contribution < -0.4 is 5.32 Å². The first-order valence-electron chi connectivity index (χ1n) is 10.0. The highest BCUT2D eigenvalue weighted by molar-refractivity contribution is 6.50. The van der Waals surface area contributed by atoms with Gasteiger partial charge in [-0.1, -0.05) is 36.4 Å². The van der Waals surface area contributed by atoms with E-state index in [1.807, 2.05) is 54.0 Å². The topological polar surface area (TPSA) is 107 Å². The highest BCUT2D eigenvalue weighted by atomic mass is 16.3. The maximum atomic E-state index is 12.9. The number of nitrogens with one attached hydrogen (secondary N) is 2. The van der Waals surface area contributed by atoms with E-state index >= 15 is 0 Å². The molecule has 0 aliphatic carbocycles. The number of hydrogen-bond donors (Lipinski definition) is 4. The number of aromatic amines is 1. The maximum absolute atomic E-state index is 12.9. The van der Waals surface area contributed by atoms with Crippen molar-refractivity contribution in [2.75, 3.05) is 6.61 Å². The predicted molar refractivity (Wildman–Crippen MR) is 118 cm³/mol. The Balaban J connectivity index is 1.81. The number of para-hydroxylation sites is 2. The van der Waals surface area contributed by atoms with Crippen LogP contribution >= 0.6 is 0 Å². The number of carbonyl (C=O) groups excluding carboxylic acids is 2. The molecule has 0 fully saturated rings. The van der Waals surface area contributed by atoms with Crippen molar-refractivity contribution in [3.63, 3.8) is 0 Å². The Morgan fingerprint density at radius 3 is 2.45 bits per heavy atom. The molecule has 1 aliphatic rings. The standard InChI is InChI=1S/C24H21N3O4/c1-13-5-4-7-16-18(11-27(22(13)16)10-14(29)12-28)21-20(23(30)26-24(21)31)17-9-25-19-8-3-2-6-15(17)19/h2-9,11,14,25,28-29H,10,12H2,1H3,(H,26,30,31). The number of benzene rings is 2. The van der Waals surface area contributed by atoms with E-state index in [1.54, 1.807) is 12.4 Å². The number of aromatic nitrogens is 2. The fourth-order valence-corrected chi connectivity index (χ4v) is 4.42. The van der Waals surface area contributed by atoms with Crippen molar-refractivity contribution < 1.29 is 19.8 Å². The molecule has 0 spiro atoms. The van der Waals surface area contributed by atoms with Crippen LogP contribution in [0.3, 0.4) is 0 Å². The van der Waals surface area contributed by atoms with Gasteiger partial charge in [0.15, 0.2) is 0 Å². The number of aliphatic hydroxyl groups is 2. The lowest BCUT2D eigenvalue weighted by molar-refractivity contribution is -0.122. The number of amides is 2. The molecule has 4 N–H and O–H groups in total. The first-order chi connectivity index (χ1) is 15.0. The van der Waals surface area contributed by atoms with Crippen LogP contribution in [-0.2, 0) is 16.1 Å². The zero-order valence-corrected chi connectivity index (χ0v) is 16.8. The van der Waals surface area contributed by atoms with Gasteiger partial charge in [0, 0.05) is 39.8 Å². The molecule has 5 rings (SSSR count). The van der Waals surface area contributed by atoms with Gasteiger partial charge < -0.3 is 19.8 Å². The summed E-state index contributed by atoms with van der Waals surface area (Å²) in [5, 5.41) is 23.5. The van der Waals surface area contributed by atoms with E-state index in [0.29, 0.717) is 22.3 Å². The van der Waals surface area contributed by atoms with E-state index in [9.17, 15) is 19.8 Å². The molecule has 31 heavy (non-hydrogen) atoms. The molecule has 0 saturated carbocycles. The van der Waals surface area contributed by atoms with Crippen molar-refractivity contribution in [2.24, 2.45) is 0 Å². The van der Waals surface area contributed by atoms with Crippen LogP contribution in [0.2, 0.25) is 0 Å². The molecule has 1 aliphatic heterocycles. The van der Waals surface area contributed by atoms with Gasteiger partial charge in [0.05, 0.1) is 35.9 Å². The van der Waals surface area contributed by atoms with Crippen LogP contribution in [0.25, 0.3) is 33.0 Å². The van der Waals surface area contributed by atoms with E-state index < -0.39 is 17.9 Å². The lowest BCUT2D eigenvalue weighted by Gasteiger charge is -2.10. The Morgan fingerprint density at radius 1 is 0.968 bits per heavy atom. The molecule has 0 radical (unpaired) electrons. The molecule has 0 saturated heterocycles. The summed E-state index contributed by atoms with van der Waals surface area (Å²) in [6.07, 6.45) is 2.58. The summed E-state index contributed by atoms with van der Waals surface area (Å²) in [5.41, 5.74) is 4.61. The monoisotopic (exact) mass is 415 g/mol. The minimum atomic E-state index is -0.941. The van der Waals surface area contributed by atoms with Gasteiger partial charge in [-0.05, 0) is 18.6 Å². The summed E-state index contributed by atoms with van der Waals surface area (Å²) in [5.74, 6) is -0.887. The van der Waals surface area contributed by atoms with Crippen molar-refractivity contribution in [1.82, 2.24) is 14.9 Å². The highest BCUT2D eigenvalue weighted by Crippen LogP contribution is 2.38. The summed E-state index contributed by atoms with van der Waals surface area (Å²) in [6, 6.07) is 13.4. The highest BCUT2D eigenvalue weighted by Gasteiger charge is 2.35. The van der Waals surface area contributed by atoms with Gasteiger partial charge in [-0.2, -0.15) is 0 Å². The fourth-order valence-electron chi connectivity index (χ4n) is 4.42. The summed E-state index contributed by atoms with van der Waals surface area (Å²) >= 11 is 0. The van der Waals surface area contributed by atoms with Gasteiger partial charge in [-0.15, -0.1) is 0 Å². The molecule has 0 bridgehead atoms. The number of imide groups is 1. The van der Waals surface area contributed by atoms with Gasteiger partial charge in [0.2, 0.25) is 0 Å². The number of nitrogens with zero attached hydrogens (tertiary/aromatic N) is 1. The third kappa shape index (κ3) is 2.98. The Hall–Kier alpha value is -3.68. The van der Waals surface area contributed by atoms with Crippen LogP contribution in [0.4, 0.5) is 0 Å². The summed E-state index contributed by atoms with van der Waals surface area (Å²) < 4.78 is 1.83. The molecule has 2 aromatic heterocycles. The Bertz CT molecular complexity index is 1390. The van der Waals surface area contributed by atoms with Crippen LogP contribution in [0.5, 0.6) is 0 Å². The molecule has 2 amide bonds. The van der Waals surface area contributed by atoms with Gasteiger partial charge >= 0.3 is 0 Å². The molecule has 4 aromatic rings. The molecule has 1 unspecified atom stereocenters. The van der Waals surface area contributed by atoms with Gasteiger partial charge in [-0.3, -0.25) is 14.9 Å². The molecule has 1 atom stereocenters. The lowest BCUT2D eigenvalue weighted by Crippen LogP contribution is -2.22. The Kier molecular flexibility index (Phi) is 4.50. The number of H-pyrrole nitrogens is 1. The largest absolute Gasteiger partial charge is 0.394 e. The fraction of sp³-hybridized carbons (Fsp3) is 0.167. The number of aliphatic hydroxyl groups excluding tert-OH is 2. The summed E-state index contributed by atoms with van der Waals surface area (Å²) in [6.45, 7) is 1.75. The normalized spacial score (nSPS) is 15.3. The first kappa shape index (κ1) is 19.3. The SMILES string of the molecule is Cc1cccc2c(C3=C(c4c[nH]c5ccccc45)C(=O)NC3=O)cn(CC(O)CO)c12. The second kappa shape index (κ2) is 7.23. The number of rotatable bonds is 5. The molecular weight excluding hydrogens is 394 g/mol. The molecular formula is C24H21N3O4. The van der Waals surface area contributed by atoms with E-state index in [2.05, 4.69) is 10.3 Å². The van der Waals surface area contributed by atoms with E-state index in [0.717, 1.165) is 27.4 Å². The quantitative estimate of drug-likeness (QED) is 0.375. The minimum Gasteiger partial charge on any atom is -0.394 e. The second-order valence-electron chi connectivity index (χ2n) is 7.78. The maximum Gasteiger partial charge on any atom is 0.259 e. The van der Waals surface area contributed by atoms with Crippen molar-refractivity contribution in [2.45, 2.75) is 19.6 Å². The number of fused-ring (bicyclic) bond motifs is 2. The van der Waals surface area contributed by atoms with Crippen molar-refractivity contribution in [3.05, 3.63) is 71.5 Å². The van der Waals surface area contributed by atoms with Gasteiger partial charge in [0.25, 0.3) is 11.8 Å². The van der Waals surface area contributed by atoms with Crippen molar-refractivity contribution in [1.29, 1.82) is 0 Å². The number of aryl methyl sites for hydroxylation is 1. The Morgan fingerprint density at radius 2 is 1.68 bits per heavy atom. The Labute approximate surface area is 177 Å². The molecule has 7 heteroatoms. The first-order valence-corrected chi connectivity index (χ1v) is 10.0. The number of hydrogen-bond acceptors (Lipinski definition) is 4. The zero-order valence-electron chi connectivity index (χ0n) is 16.8. The van der Waals surface area contributed by atoms with Gasteiger partial charge in [0.1, 0.15) is 0 Å². The van der Waals surface area contributed by atoms with E-state index in [-0.39, 0.29) is 13.2 Å². The van der Waals surface area contributed by atoms with Gasteiger partial charge in [-0.25, -0.2) is 0 Å². The van der Waals surface area contributed by atoms with Crippen molar-refractivity contribution in [3.8, 4) is 0 Å². The second-order valence-corrected chi connectivity index (χ2v) is 7.78. The average molecular weight is 415 g/mol. The third-order valence-corrected chi connectivity index (χ3v) is 5.78. The molecule has 3 heterocycles. The van der Waals surface area contributed by atoms with Crippen LogP contribution in [-0.4, -0.2) is 44.3 Å². The number of carbonyl (C=O) groups is 2. The predicted octanol–water partition coefficient (Wildman–Crippen LogP) is 2.35. The summed E-state index contributed by atoms with van der Waals surface area (Å²) in [4.78, 5) is 29.0.